The minimum atomic E-state index is -3.34. The van der Waals surface area contributed by atoms with Gasteiger partial charge < -0.3 is 11.1 Å². The highest BCUT2D eigenvalue weighted by atomic mass is 79.9. The fraction of sp³-hybridized carbons (Fsp3) is 0.833. The van der Waals surface area contributed by atoms with Crippen molar-refractivity contribution in [3.63, 3.8) is 0 Å². The Morgan fingerprint density at radius 3 is 2.50 bits per heavy atom. The van der Waals surface area contributed by atoms with E-state index in [0.29, 0.717) is 13.0 Å². The van der Waals surface area contributed by atoms with Gasteiger partial charge in [0.2, 0.25) is 0 Å². The highest BCUT2D eigenvalue weighted by Gasteiger charge is 1.99. The largest absolute Gasteiger partial charge is 0.386 e. The zero-order valence-corrected chi connectivity index (χ0v) is 12.0. The highest BCUT2D eigenvalue weighted by molar-refractivity contribution is 9.09. The second kappa shape index (κ2) is 8.63. The molecule has 0 saturated heterocycles. The van der Waals surface area contributed by atoms with Gasteiger partial charge in [0.25, 0.3) is 10.0 Å². The number of nitrogens with zero attached hydrogens (tertiary/aromatic N) is 1. The van der Waals surface area contributed by atoms with Crippen LogP contribution in [0.4, 0.5) is 0 Å². The van der Waals surface area contributed by atoms with Crippen LogP contribution in [0.1, 0.15) is 6.42 Å². The molecule has 0 heterocycles. The van der Waals surface area contributed by atoms with Crippen molar-refractivity contribution in [1.82, 2.24) is 5.32 Å². The molecule has 0 fully saturated rings. The van der Waals surface area contributed by atoms with Gasteiger partial charge in [-0.1, -0.05) is 15.9 Å². The number of nitrogens with two attached hydrogens (primary N) is 1. The monoisotopic (exact) mass is 351 g/mol. The predicted octanol–water partition coefficient (Wildman–Crippen LogP) is 0.256. The summed E-state index contributed by atoms with van der Waals surface area (Å²) < 4.78 is 24.6. The number of hydrogen-bond acceptors (Lipinski definition) is 3. The van der Waals surface area contributed by atoms with Crippen molar-refractivity contribution in [1.29, 1.82) is 0 Å². The molecule has 5 nitrogen and oxygen atoms in total. The van der Waals surface area contributed by atoms with Crippen molar-refractivity contribution in [3.05, 3.63) is 0 Å². The number of sulfonamides is 1. The molecule has 0 saturated carbocycles. The smallest absolute Gasteiger partial charge is 0.251 e. The third-order valence-corrected chi connectivity index (χ3v) is 2.07. The van der Waals surface area contributed by atoms with E-state index >= 15 is 0 Å². The Morgan fingerprint density at radius 1 is 1.50 bits per heavy atom. The van der Waals surface area contributed by atoms with Crippen molar-refractivity contribution in [2.75, 3.05) is 24.7 Å². The summed E-state index contributed by atoms with van der Waals surface area (Å²) in [5.74, 6) is 0.143. The lowest BCUT2D eigenvalue weighted by Gasteiger charge is -2.01. The first kappa shape index (κ1) is 16.8. The predicted molar refractivity (Wildman–Crippen MR) is 68.1 cm³/mol. The van der Waals surface area contributed by atoms with Gasteiger partial charge in [0, 0.05) is 24.8 Å². The van der Waals surface area contributed by atoms with Crippen LogP contribution < -0.4 is 11.1 Å². The minimum Gasteiger partial charge on any atom is -0.386 e. The van der Waals surface area contributed by atoms with Crippen LogP contribution in [0.25, 0.3) is 0 Å². The lowest BCUT2D eigenvalue weighted by Crippen LogP contribution is -2.24. The Kier molecular flexibility index (Phi) is 10.3. The van der Waals surface area contributed by atoms with Crippen LogP contribution in [-0.2, 0) is 10.0 Å². The van der Waals surface area contributed by atoms with Crippen LogP contribution in [0, 0.1) is 0 Å². The zero-order valence-electron chi connectivity index (χ0n) is 7.86. The Hall–Kier alpha value is 0.340. The van der Waals surface area contributed by atoms with Gasteiger partial charge in [0.05, 0.1) is 6.26 Å². The normalized spacial score (nSPS) is 12.3. The molecule has 14 heavy (non-hydrogen) atoms. The number of halogens is 2. The van der Waals surface area contributed by atoms with E-state index in [1.54, 1.807) is 0 Å². The maximum absolute atomic E-state index is 10.6. The molecule has 0 aliphatic rings. The molecule has 0 rings (SSSR count). The molecule has 0 spiro atoms. The van der Waals surface area contributed by atoms with Gasteiger partial charge in [0.1, 0.15) is 5.84 Å². The van der Waals surface area contributed by atoms with Gasteiger partial charge in [-0.3, -0.25) is 0 Å². The summed E-state index contributed by atoms with van der Waals surface area (Å²) in [6.45, 7) is 1.46. The average Bonchev–Trinajstić information content (AvgIpc) is 1.94. The summed E-state index contributed by atoms with van der Waals surface area (Å²) in [7, 11) is -3.34. The first-order valence-corrected chi connectivity index (χ1v) is 6.73. The molecule has 86 valence electrons. The molecule has 0 aliphatic heterocycles. The van der Waals surface area contributed by atoms with Crippen LogP contribution in [0.15, 0.2) is 4.40 Å². The van der Waals surface area contributed by atoms with Crippen LogP contribution in [-0.4, -0.2) is 38.9 Å². The molecule has 0 atom stereocenters. The van der Waals surface area contributed by atoms with Gasteiger partial charge in [-0.15, -0.1) is 17.0 Å². The molecule has 0 aromatic heterocycles. The number of amidine groups is 1. The maximum Gasteiger partial charge on any atom is 0.251 e. The van der Waals surface area contributed by atoms with Crippen molar-refractivity contribution in [2.45, 2.75) is 6.42 Å². The van der Waals surface area contributed by atoms with E-state index in [-0.39, 0.29) is 22.8 Å². The van der Waals surface area contributed by atoms with E-state index in [0.717, 1.165) is 18.1 Å². The molecule has 0 radical (unpaired) electrons. The molecule has 0 unspecified atom stereocenters. The van der Waals surface area contributed by atoms with Crippen molar-refractivity contribution < 1.29 is 8.42 Å². The molecule has 0 aliphatic carbocycles. The summed E-state index contributed by atoms with van der Waals surface area (Å²) in [4.78, 5) is 0. The third kappa shape index (κ3) is 12.3. The molecular formula is C6H15Br2N3O2S. The van der Waals surface area contributed by atoms with Crippen LogP contribution in [0.3, 0.4) is 0 Å². The summed E-state index contributed by atoms with van der Waals surface area (Å²) in [6, 6.07) is 0. The summed E-state index contributed by atoms with van der Waals surface area (Å²) in [5, 5.41) is 3.91. The molecule has 8 heteroatoms. The first-order valence-electron chi connectivity index (χ1n) is 3.76. The number of rotatable bonds is 6. The fourth-order valence-electron chi connectivity index (χ4n) is 0.667. The number of nitrogens with one attached hydrogen (secondary N) is 1. The van der Waals surface area contributed by atoms with E-state index in [2.05, 4.69) is 25.6 Å². The first-order chi connectivity index (χ1) is 5.95. The second-order valence-corrected chi connectivity index (χ2v) is 4.95. The number of alkyl halides is 1. The van der Waals surface area contributed by atoms with Crippen molar-refractivity contribution in [2.24, 2.45) is 10.1 Å². The topological polar surface area (TPSA) is 84.5 Å². The summed E-state index contributed by atoms with van der Waals surface area (Å²) in [6.07, 6.45) is 1.46. The van der Waals surface area contributed by atoms with Crippen LogP contribution in [0.5, 0.6) is 0 Å². The van der Waals surface area contributed by atoms with E-state index in [4.69, 9.17) is 5.73 Å². The molecule has 0 amide bonds. The van der Waals surface area contributed by atoms with Crippen LogP contribution >= 0.6 is 32.9 Å². The van der Waals surface area contributed by atoms with Gasteiger partial charge in [-0.2, -0.15) is 4.40 Å². The van der Waals surface area contributed by atoms with Gasteiger partial charge >= 0.3 is 0 Å². The standard InChI is InChI=1S/C6H14BrN3O2S.BrH/c1-13(11,12)10-6(8)2-4-9-5-3-7;/h9H,2-5H2,1H3,(H2,8,10);1H. The van der Waals surface area contributed by atoms with Crippen LogP contribution in [0.2, 0.25) is 0 Å². The zero-order chi connectivity index (χ0) is 10.3. The van der Waals surface area contributed by atoms with Gasteiger partial charge in [0.15, 0.2) is 0 Å². The molecule has 0 aromatic carbocycles. The van der Waals surface area contributed by atoms with E-state index in [9.17, 15) is 8.42 Å². The molecular weight excluding hydrogens is 338 g/mol. The Morgan fingerprint density at radius 2 is 2.07 bits per heavy atom. The molecule has 0 aromatic rings. The van der Waals surface area contributed by atoms with Gasteiger partial charge in [-0.25, -0.2) is 8.42 Å². The molecule has 3 N–H and O–H groups in total. The Balaban J connectivity index is 0. The lowest BCUT2D eigenvalue weighted by molar-refractivity contribution is 0.603. The summed E-state index contributed by atoms with van der Waals surface area (Å²) >= 11 is 3.25. The van der Waals surface area contributed by atoms with Crippen molar-refractivity contribution >= 4 is 48.8 Å². The Labute approximate surface area is 103 Å². The second-order valence-electron chi connectivity index (χ2n) is 2.50. The number of hydrogen-bond donors (Lipinski definition) is 2. The maximum atomic E-state index is 10.6. The average molecular weight is 353 g/mol. The molecule has 0 bridgehead atoms. The van der Waals surface area contributed by atoms with E-state index < -0.39 is 10.0 Å². The highest BCUT2D eigenvalue weighted by Crippen LogP contribution is 1.87. The SMILES string of the molecule is Br.CS(=O)(=O)N=C(N)CCNCCBr. The van der Waals surface area contributed by atoms with Gasteiger partial charge in [-0.05, 0) is 0 Å². The lowest BCUT2D eigenvalue weighted by atomic mass is 10.4. The van der Waals surface area contributed by atoms with Crippen molar-refractivity contribution in [3.8, 4) is 0 Å². The quantitative estimate of drug-likeness (QED) is 0.311. The van der Waals surface area contributed by atoms with E-state index in [1.807, 2.05) is 0 Å². The Bertz CT molecular complexity index is 266. The minimum absolute atomic E-state index is 0. The fourth-order valence-corrected chi connectivity index (χ4v) is 1.46. The van der Waals surface area contributed by atoms with E-state index in [1.165, 1.54) is 0 Å². The summed E-state index contributed by atoms with van der Waals surface area (Å²) in [5.41, 5.74) is 5.36. The third-order valence-electron chi connectivity index (χ3n) is 1.11.